The Hall–Kier alpha value is -2.40. The molecule has 9 nitrogen and oxygen atoms in total. The molecule has 0 radical (unpaired) electrons. The van der Waals surface area contributed by atoms with E-state index in [0.717, 1.165) is 0 Å². The van der Waals surface area contributed by atoms with Crippen molar-refractivity contribution >= 4 is 44.3 Å². The van der Waals surface area contributed by atoms with Crippen LogP contribution >= 0.6 is 11.8 Å². The summed E-state index contributed by atoms with van der Waals surface area (Å²) in [5.41, 5.74) is 0.418. The zero-order valence-electron chi connectivity index (χ0n) is 18.4. The molecule has 11 heteroatoms. The summed E-state index contributed by atoms with van der Waals surface area (Å²) in [6.07, 6.45) is 0.393. The van der Waals surface area contributed by atoms with Crippen molar-refractivity contribution in [3.63, 3.8) is 0 Å². The molecule has 3 rings (SSSR count). The Morgan fingerprint density at radius 2 is 2.03 bits per heavy atom. The number of nitrogens with zero attached hydrogens (tertiary/aromatic N) is 3. The number of sulfone groups is 1. The van der Waals surface area contributed by atoms with E-state index in [1.54, 1.807) is 35.8 Å². The van der Waals surface area contributed by atoms with Crippen molar-refractivity contribution in [2.45, 2.75) is 44.4 Å². The molecule has 2 heterocycles. The smallest absolute Gasteiger partial charge is 0.262 e. The van der Waals surface area contributed by atoms with Gasteiger partial charge >= 0.3 is 0 Å². The van der Waals surface area contributed by atoms with Gasteiger partial charge in [0.2, 0.25) is 11.8 Å². The molecule has 1 aromatic heterocycles. The van der Waals surface area contributed by atoms with Crippen LogP contribution < -0.4 is 10.9 Å². The van der Waals surface area contributed by atoms with E-state index in [9.17, 15) is 22.8 Å². The number of rotatable bonds is 8. The average Bonchev–Trinajstić information content (AvgIpc) is 3.07. The predicted octanol–water partition coefficient (Wildman–Crippen LogP) is 1.22. The lowest BCUT2D eigenvalue weighted by atomic mass is 10.2. The first-order chi connectivity index (χ1) is 15.1. The molecule has 1 aromatic carbocycles. The van der Waals surface area contributed by atoms with E-state index < -0.39 is 15.9 Å². The summed E-state index contributed by atoms with van der Waals surface area (Å²) < 4.78 is 24.7. The molecule has 1 saturated heterocycles. The number of likely N-dealkylation sites (N-methyl/N-ethyl adjacent to an activating group) is 1. The first-order valence-electron chi connectivity index (χ1n) is 10.5. The van der Waals surface area contributed by atoms with E-state index in [1.165, 1.54) is 16.7 Å². The van der Waals surface area contributed by atoms with Gasteiger partial charge in [0.05, 0.1) is 34.7 Å². The fourth-order valence-electron chi connectivity index (χ4n) is 3.63. The highest BCUT2D eigenvalue weighted by molar-refractivity contribution is 7.99. The second-order valence-electron chi connectivity index (χ2n) is 8.04. The highest BCUT2D eigenvalue weighted by atomic mass is 32.2. The monoisotopic (exact) mass is 480 g/mol. The van der Waals surface area contributed by atoms with Gasteiger partial charge in [0.1, 0.15) is 0 Å². The van der Waals surface area contributed by atoms with Crippen molar-refractivity contribution in [2.75, 3.05) is 30.3 Å². The van der Waals surface area contributed by atoms with Gasteiger partial charge in [0, 0.05) is 18.6 Å². The van der Waals surface area contributed by atoms with Crippen molar-refractivity contribution in [1.82, 2.24) is 19.8 Å². The lowest BCUT2D eigenvalue weighted by molar-refractivity contribution is -0.134. The van der Waals surface area contributed by atoms with E-state index in [-0.39, 0.29) is 47.2 Å². The van der Waals surface area contributed by atoms with Gasteiger partial charge < -0.3 is 10.2 Å². The number of hydrogen-bond acceptors (Lipinski definition) is 7. The van der Waals surface area contributed by atoms with Crippen LogP contribution in [0.15, 0.2) is 34.2 Å². The third-order valence-electron chi connectivity index (χ3n) is 5.28. The number of aromatic nitrogens is 2. The van der Waals surface area contributed by atoms with Crippen LogP contribution in [0.3, 0.4) is 0 Å². The zero-order valence-corrected chi connectivity index (χ0v) is 20.0. The summed E-state index contributed by atoms with van der Waals surface area (Å²) in [4.78, 5) is 44.0. The fraction of sp³-hybridized carbons (Fsp3) is 0.524. The molecule has 0 bridgehead atoms. The summed E-state index contributed by atoms with van der Waals surface area (Å²) >= 11 is 1.17. The number of carbonyl (C=O) groups is 2. The Balaban J connectivity index is 1.67. The number of benzene rings is 1. The Kier molecular flexibility index (Phi) is 7.60. The van der Waals surface area contributed by atoms with Crippen molar-refractivity contribution in [1.29, 1.82) is 0 Å². The fourth-order valence-corrected chi connectivity index (χ4v) is 6.34. The van der Waals surface area contributed by atoms with E-state index >= 15 is 0 Å². The summed E-state index contributed by atoms with van der Waals surface area (Å²) in [6.45, 7) is 5.73. The maximum atomic E-state index is 12.9. The van der Waals surface area contributed by atoms with E-state index in [0.29, 0.717) is 29.0 Å². The molecule has 1 N–H and O–H groups in total. The molecule has 1 atom stereocenters. The van der Waals surface area contributed by atoms with E-state index in [4.69, 9.17) is 0 Å². The number of amides is 2. The number of para-hydroxylation sites is 1. The Morgan fingerprint density at radius 1 is 1.31 bits per heavy atom. The van der Waals surface area contributed by atoms with Crippen LogP contribution in [0.5, 0.6) is 0 Å². The van der Waals surface area contributed by atoms with E-state index in [2.05, 4.69) is 10.3 Å². The normalized spacial score (nSPS) is 17.6. The third-order valence-corrected chi connectivity index (χ3v) is 7.99. The zero-order chi connectivity index (χ0) is 23.5. The van der Waals surface area contributed by atoms with Gasteiger partial charge in [-0.2, -0.15) is 0 Å². The quantitative estimate of drug-likeness (QED) is 0.446. The highest BCUT2D eigenvalue weighted by Crippen LogP contribution is 2.21. The first kappa shape index (κ1) is 24.2. The summed E-state index contributed by atoms with van der Waals surface area (Å²) in [6, 6.07) is 6.56. The van der Waals surface area contributed by atoms with Gasteiger partial charge in [-0.1, -0.05) is 23.9 Å². The molecule has 0 aliphatic carbocycles. The number of nitrogens with one attached hydrogen (secondary N) is 1. The molecule has 32 heavy (non-hydrogen) atoms. The molecule has 2 aromatic rings. The minimum absolute atomic E-state index is 0.0242. The number of fused-ring (bicyclic) bond motifs is 1. The largest absolute Gasteiger partial charge is 0.351 e. The molecule has 174 valence electrons. The van der Waals surface area contributed by atoms with Crippen LogP contribution in [0.4, 0.5) is 0 Å². The van der Waals surface area contributed by atoms with Gasteiger partial charge in [-0.3, -0.25) is 19.0 Å². The summed E-state index contributed by atoms with van der Waals surface area (Å²) in [5.74, 6) is -0.605. The van der Waals surface area contributed by atoms with E-state index in [1.807, 2.05) is 13.8 Å². The first-order valence-corrected chi connectivity index (χ1v) is 13.3. The second kappa shape index (κ2) is 10.0. The lowest BCUT2D eigenvalue weighted by Gasteiger charge is -2.22. The van der Waals surface area contributed by atoms with Gasteiger partial charge in [-0.05, 0) is 39.3 Å². The molecule has 1 unspecified atom stereocenters. The van der Waals surface area contributed by atoms with Crippen molar-refractivity contribution in [2.24, 2.45) is 0 Å². The van der Waals surface area contributed by atoms with Crippen molar-refractivity contribution in [3.05, 3.63) is 34.6 Å². The number of thioether (sulfide) groups is 1. The van der Waals surface area contributed by atoms with Crippen LogP contribution in [-0.2, 0) is 19.4 Å². The molecule has 0 spiro atoms. The van der Waals surface area contributed by atoms with Gasteiger partial charge in [-0.25, -0.2) is 13.4 Å². The third kappa shape index (κ3) is 5.69. The van der Waals surface area contributed by atoms with Gasteiger partial charge in [0.15, 0.2) is 15.0 Å². The number of carbonyl (C=O) groups excluding carboxylic acids is 2. The molecular weight excluding hydrogens is 452 g/mol. The average molecular weight is 481 g/mol. The van der Waals surface area contributed by atoms with Crippen LogP contribution in [-0.4, -0.2) is 71.1 Å². The Bertz CT molecular complexity index is 1180. The maximum Gasteiger partial charge on any atom is 0.262 e. The molecule has 1 aliphatic heterocycles. The van der Waals surface area contributed by atoms with Crippen molar-refractivity contribution in [3.8, 4) is 0 Å². The molecule has 0 saturated carbocycles. The molecule has 1 fully saturated rings. The van der Waals surface area contributed by atoms with Gasteiger partial charge in [-0.15, -0.1) is 0 Å². The summed E-state index contributed by atoms with van der Waals surface area (Å²) in [7, 11) is -3.09. The molecular formula is C21H28N4O5S2. The van der Waals surface area contributed by atoms with Crippen LogP contribution in [0, 0.1) is 0 Å². The summed E-state index contributed by atoms with van der Waals surface area (Å²) in [5, 5.41) is 3.68. The second-order valence-corrected chi connectivity index (χ2v) is 11.2. The number of hydrogen-bond donors (Lipinski definition) is 1. The Morgan fingerprint density at radius 3 is 2.66 bits per heavy atom. The van der Waals surface area contributed by atoms with Crippen LogP contribution in [0.1, 0.15) is 33.2 Å². The minimum Gasteiger partial charge on any atom is -0.351 e. The highest BCUT2D eigenvalue weighted by Gasteiger charge is 2.29. The van der Waals surface area contributed by atoms with Crippen molar-refractivity contribution < 1.29 is 18.0 Å². The topological polar surface area (TPSA) is 118 Å². The minimum atomic E-state index is -3.09. The maximum absolute atomic E-state index is 12.9. The Labute approximate surface area is 191 Å². The molecule has 1 aliphatic rings. The lowest BCUT2D eigenvalue weighted by Crippen LogP contribution is -2.45. The molecule has 2 amide bonds. The van der Waals surface area contributed by atoms with Crippen LogP contribution in [0.2, 0.25) is 0 Å². The standard InChI is InChI=1S/C21H28N4O5S2/c1-4-24(11-18(26)22-15-9-10-32(29,30)13-15)19(27)12-31-21-23-17-8-6-5-7-16(17)20(28)25(21)14(2)3/h5-8,14-15H,4,9-13H2,1-3H3,(H,22,26). The predicted molar refractivity (Wildman–Crippen MR) is 125 cm³/mol. The van der Waals surface area contributed by atoms with Gasteiger partial charge in [0.25, 0.3) is 5.56 Å². The van der Waals surface area contributed by atoms with Crippen LogP contribution in [0.25, 0.3) is 10.9 Å². The SMILES string of the molecule is CCN(CC(=O)NC1CCS(=O)(=O)C1)C(=O)CSc1nc2ccccc2c(=O)n1C(C)C.